The molecule has 118 valence electrons. The number of esters is 1. The molecule has 0 amide bonds. The number of ether oxygens (including phenoxy) is 3. The van der Waals surface area contributed by atoms with Crippen molar-refractivity contribution in [2.45, 2.75) is 19.8 Å². The van der Waals surface area contributed by atoms with Crippen molar-refractivity contribution < 1.29 is 19.0 Å². The van der Waals surface area contributed by atoms with E-state index < -0.39 is 5.97 Å². The average Bonchev–Trinajstić information content (AvgIpc) is 2.45. The highest BCUT2D eigenvalue weighted by Crippen LogP contribution is 2.30. The molecule has 1 aromatic rings. The Morgan fingerprint density at radius 3 is 2.67 bits per heavy atom. The van der Waals surface area contributed by atoms with Crippen molar-refractivity contribution in [1.29, 1.82) is 0 Å². The summed E-state index contributed by atoms with van der Waals surface area (Å²) in [7, 11) is 0. The van der Waals surface area contributed by atoms with E-state index in [2.05, 4.69) is 11.9 Å². The standard InChI is InChI=1S/C13H16Cl3NO4/c1-2-3-4-19-5-6-20-11(18)8-21-10-7-9(14)12(15)17-13(10)16/h7H,2-6,8H2,1H3. The molecule has 0 atom stereocenters. The van der Waals surface area contributed by atoms with Gasteiger partial charge in [0, 0.05) is 12.7 Å². The summed E-state index contributed by atoms with van der Waals surface area (Å²) >= 11 is 17.3. The number of rotatable bonds is 9. The molecule has 1 heterocycles. The van der Waals surface area contributed by atoms with Gasteiger partial charge in [0.2, 0.25) is 0 Å². The van der Waals surface area contributed by atoms with Crippen LogP contribution in [0.3, 0.4) is 0 Å². The lowest BCUT2D eigenvalue weighted by molar-refractivity contribution is -0.147. The highest BCUT2D eigenvalue weighted by molar-refractivity contribution is 6.42. The number of aromatic nitrogens is 1. The summed E-state index contributed by atoms with van der Waals surface area (Å²) in [6.07, 6.45) is 2.05. The number of hydrogen-bond acceptors (Lipinski definition) is 5. The molecule has 0 saturated heterocycles. The van der Waals surface area contributed by atoms with Gasteiger partial charge in [0.15, 0.2) is 17.5 Å². The minimum absolute atomic E-state index is 0.0279. The first kappa shape index (κ1) is 18.3. The van der Waals surface area contributed by atoms with E-state index in [1.807, 2.05) is 0 Å². The number of nitrogens with zero attached hydrogens (tertiary/aromatic N) is 1. The molecule has 0 spiro atoms. The van der Waals surface area contributed by atoms with Gasteiger partial charge >= 0.3 is 5.97 Å². The Labute approximate surface area is 138 Å². The quantitative estimate of drug-likeness (QED) is 0.383. The van der Waals surface area contributed by atoms with Gasteiger partial charge in [-0.3, -0.25) is 0 Å². The van der Waals surface area contributed by atoms with Gasteiger partial charge in [0.25, 0.3) is 0 Å². The lowest BCUT2D eigenvalue weighted by Crippen LogP contribution is -2.18. The first-order valence-corrected chi connectivity index (χ1v) is 7.55. The molecule has 1 rings (SSSR count). The van der Waals surface area contributed by atoms with Crippen molar-refractivity contribution in [3.05, 3.63) is 21.4 Å². The van der Waals surface area contributed by atoms with Crippen LogP contribution in [-0.4, -0.2) is 37.4 Å². The third-order valence-electron chi connectivity index (χ3n) is 2.33. The minimum atomic E-state index is -0.531. The van der Waals surface area contributed by atoms with E-state index in [0.717, 1.165) is 12.8 Å². The Hall–Kier alpha value is -0.750. The number of hydrogen-bond donors (Lipinski definition) is 0. The van der Waals surface area contributed by atoms with Crippen molar-refractivity contribution in [3.63, 3.8) is 0 Å². The number of pyridine rings is 1. The zero-order chi connectivity index (χ0) is 15.7. The van der Waals surface area contributed by atoms with Gasteiger partial charge in [-0.25, -0.2) is 9.78 Å². The van der Waals surface area contributed by atoms with Gasteiger partial charge in [-0.05, 0) is 6.42 Å². The average molecular weight is 357 g/mol. The normalized spacial score (nSPS) is 10.5. The molecule has 0 unspecified atom stereocenters. The van der Waals surface area contributed by atoms with E-state index in [0.29, 0.717) is 13.2 Å². The maximum atomic E-state index is 11.4. The van der Waals surface area contributed by atoms with Crippen LogP contribution in [-0.2, 0) is 14.3 Å². The van der Waals surface area contributed by atoms with Crippen molar-refractivity contribution in [2.75, 3.05) is 26.4 Å². The van der Waals surface area contributed by atoms with E-state index in [4.69, 9.17) is 49.0 Å². The largest absolute Gasteiger partial charge is 0.479 e. The van der Waals surface area contributed by atoms with Gasteiger partial charge in [0.1, 0.15) is 11.8 Å². The van der Waals surface area contributed by atoms with Gasteiger partial charge in [-0.2, -0.15) is 0 Å². The number of unbranched alkanes of at least 4 members (excludes halogenated alkanes) is 1. The molecule has 8 heteroatoms. The molecule has 0 fully saturated rings. The Morgan fingerprint density at radius 1 is 1.19 bits per heavy atom. The smallest absolute Gasteiger partial charge is 0.344 e. The summed E-state index contributed by atoms with van der Waals surface area (Å²) in [5.74, 6) is -0.363. The summed E-state index contributed by atoms with van der Waals surface area (Å²) in [5, 5.41) is 0.287. The lowest BCUT2D eigenvalue weighted by Gasteiger charge is -2.09. The zero-order valence-corrected chi connectivity index (χ0v) is 13.8. The first-order chi connectivity index (χ1) is 10.0. The fourth-order valence-corrected chi connectivity index (χ4v) is 1.79. The maximum absolute atomic E-state index is 11.4. The number of carbonyl (C=O) groups excluding carboxylic acids is 1. The van der Waals surface area contributed by atoms with Crippen LogP contribution < -0.4 is 4.74 Å². The molecule has 0 aliphatic carbocycles. The van der Waals surface area contributed by atoms with Crippen LogP contribution in [0.15, 0.2) is 6.07 Å². The van der Waals surface area contributed by atoms with Gasteiger partial charge in [-0.15, -0.1) is 0 Å². The highest BCUT2D eigenvalue weighted by Gasteiger charge is 2.11. The third-order valence-corrected chi connectivity index (χ3v) is 3.28. The molecule has 21 heavy (non-hydrogen) atoms. The fraction of sp³-hybridized carbons (Fsp3) is 0.538. The Bertz CT molecular complexity index is 471. The molecule has 0 bridgehead atoms. The number of halogens is 3. The SMILES string of the molecule is CCCCOCCOC(=O)COc1cc(Cl)c(Cl)nc1Cl. The molecular weight excluding hydrogens is 341 g/mol. The van der Waals surface area contributed by atoms with E-state index in [1.54, 1.807) is 0 Å². The predicted octanol–water partition coefficient (Wildman–Crippen LogP) is 3.78. The van der Waals surface area contributed by atoms with E-state index in [9.17, 15) is 4.79 Å². The Kier molecular flexibility index (Phi) is 8.76. The molecule has 0 aromatic carbocycles. The van der Waals surface area contributed by atoms with Crippen molar-refractivity contribution >= 4 is 40.8 Å². The molecule has 0 aliphatic rings. The summed E-state index contributed by atoms with van der Waals surface area (Å²) in [5.41, 5.74) is 0. The monoisotopic (exact) mass is 355 g/mol. The zero-order valence-electron chi connectivity index (χ0n) is 11.5. The van der Waals surface area contributed by atoms with Gasteiger partial charge in [-0.1, -0.05) is 48.1 Å². The second-order valence-electron chi connectivity index (χ2n) is 4.03. The maximum Gasteiger partial charge on any atom is 0.344 e. The van der Waals surface area contributed by atoms with Crippen LogP contribution in [0.5, 0.6) is 5.75 Å². The minimum Gasteiger partial charge on any atom is -0.479 e. The molecule has 0 aliphatic heterocycles. The molecular formula is C13H16Cl3NO4. The van der Waals surface area contributed by atoms with Crippen LogP contribution in [0.25, 0.3) is 0 Å². The predicted molar refractivity (Wildman–Crippen MR) is 81.4 cm³/mol. The van der Waals surface area contributed by atoms with Crippen LogP contribution >= 0.6 is 34.8 Å². The van der Waals surface area contributed by atoms with Crippen LogP contribution in [0.1, 0.15) is 19.8 Å². The van der Waals surface area contributed by atoms with Gasteiger partial charge < -0.3 is 14.2 Å². The van der Waals surface area contributed by atoms with Crippen LogP contribution in [0, 0.1) is 0 Å². The summed E-state index contributed by atoms with van der Waals surface area (Å²) in [4.78, 5) is 15.2. The second kappa shape index (κ2) is 10.1. The topological polar surface area (TPSA) is 57.7 Å². The van der Waals surface area contributed by atoms with Crippen LogP contribution in [0.2, 0.25) is 15.3 Å². The molecule has 0 radical (unpaired) electrons. The fourth-order valence-electron chi connectivity index (χ4n) is 1.27. The summed E-state index contributed by atoms with van der Waals surface area (Å²) in [6, 6.07) is 1.39. The molecule has 5 nitrogen and oxygen atoms in total. The number of carbonyl (C=O) groups is 1. The molecule has 0 saturated carbocycles. The van der Waals surface area contributed by atoms with Crippen molar-refractivity contribution in [2.24, 2.45) is 0 Å². The highest BCUT2D eigenvalue weighted by atomic mass is 35.5. The molecule has 0 N–H and O–H groups in total. The van der Waals surface area contributed by atoms with Gasteiger partial charge in [0.05, 0.1) is 11.6 Å². The first-order valence-electron chi connectivity index (χ1n) is 6.42. The summed E-state index contributed by atoms with van der Waals surface area (Å²) < 4.78 is 15.4. The van der Waals surface area contributed by atoms with E-state index in [1.165, 1.54) is 6.07 Å². The Balaban J connectivity index is 2.25. The lowest BCUT2D eigenvalue weighted by atomic mass is 10.4. The Morgan fingerprint density at radius 2 is 1.95 bits per heavy atom. The van der Waals surface area contributed by atoms with E-state index >= 15 is 0 Å². The van der Waals surface area contributed by atoms with E-state index in [-0.39, 0.29) is 34.3 Å². The van der Waals surface area contributed by atoms with Crippen LogP contribution in [0.4, 0.5) is 0 Å². The summed E-state index contributed by atoms with van der Waals surface area (Å²) in [6.45, 7) is 2.98. The molecule has 1 aromatic heterocycles. The third kappa shape index (κ3) is 7.18. The van der Waals surface area contributed by atoms with Crippen molar-refractivity contribution in [1.82, 2.24) is 4.98 Å². The second-order valence-corrected chi connectivity index (χ2v) is 5.15. The van der Waals surface area contributed by atoms with Crippen molar-refractivity contribution in [3.8, 4) is 5.75 Å².